The number of nitrogens with one attached hydrogen (secondary N) is 1. The standard InChI is InChI=1S/C12H15NO3S2/c1-3-8-13-12(14)9-17-10-4-6-11(7-5-10)18(2,15)16/h3-7H,1,8-9H2,2H3,(H,13,14). The van der Waals surface area contributed by atoms with Crippen LogP contribution in [-0.2, 0) is 14.6 Å². The first kappa shape index (κ1) is 14.8. The molecule has 1 amide bonds. The lowest BCUT2D eigenvalue weighted by atomic mass is 10.4. The van der Waals surface area contributed by atoms with Crippen LogP contribution in [0.5, 0.6) is 0 Å². The van der Waals surface area contributed by atoms with E-state index in [-0.39, 0.29) is 10.8 Å². The highest BCUT2D eigenvalue weighted by Crippen LogP contribution is 2.19. The third kappa shape index (κ3) is 4.93. The fourth-order valence-corrected chi connectivity index (χ4v) is 2.53. The number of sulfone groups is 1. The van der Waals surface area contributed by atoms with Crippen LogP contribution in [0.15, 0.2) is 46.7 Å². The summed E-state index contributed by atoms with van der Waals surface area (Å²) >= 11 is 1.36. The van der Waals surface area contributed by atoms with E-state index in [4.69, 9.17) is 0 Å². The summed E-state index contributed by atoms with van der Waals surface area (Å²) in [4.78, 5) is 12.5. The molecule has 0 fully saturated rings. The van der Waals surface area contributed by atoms with Gasteiger partial charge in [0, 0.05) is 17.7 Å². The van der Waals surface area contributed by atoms with Gasteiger partial charge in [-0.2, -0.15) is 0 Å². The molecule has 98 valence electrons. The third-order valence-corrected chi connectivity index (χ3v) is 4.21. The summed E-state index contributed by atoms with van der Waals surface area (Å²) in [6.45, 7) is 3.96. The van der Waals surface area contributed by atoms with Gasteiger partial charge in [0.2, 0.25) is 5.91 Å². The maximum atomic E-state index is 11.3. The average Bonchev–Trinajstić information content (AvgIpc) is 2.33. The molecular weight excluding hydrogens is 270 g/mol. The summed E-state index contributed by atoms with van der Waals surface area (Å²) in [5.41, 5.74) is 0. The molecule has 18 heavy (non-hydrogen) atoms. The van der Waals surface area contributed by atoms with Crippen LogP contribution in [0.25, 0.3) is 0 Å². The van der Waals surface area contributed by atoms with Crippen LogP contribution in [0, 0.1) is 0 Å². The number of thioether (sulfide) groups is 1. The Balaban J connectivity index is 2.54. The largest absolute Gasteiger partial charge is 0.352 e. The van der Waals surface area contributed by atoms with Crippen molar-refractivity contribution in [2.45, 2.75) is 9.79 Å². The highest BCUT2D eigenvalue weighted by molar-refractivity contribution is 8.00. The summed E-state index contributed by atoms with van der Waals surface area (Å²) in [5.74, 6) is 0.221. The van der Waals surface area contributed by atoms with Gasteiger partial charge in [0.05, 0.1) is 10.6 Å². The van der Waals surface area contributed by atoms with E-state index in [1.54, 1.807) is 30.3 Å². The average molecular weight is 285 g/mol. The lowest BCUT2D eigenvalue weighted by Gasteiger charge is -2.03. The minimum Gasteiger partial charge on any atom is -0.352 e. The van der Waals surface area contributed by atoms with E-state index >= 15 is 0 Å². The molecule has 0 heterocycles. The van der Waals surface area contributed by atoms with Gasteiger partial charge in [0.1, 0.15) is 0 Å². The predicted octanol–water partition coefficient (Wildman–Crippen LogP) is 1.48. The summed E-state index contributed by atoms with van der Waals surface area (Å²) in [6, 6.07) is 6.47. The first-order valence-corrected chi connectivity index (χ1v) is 8.11. The van der Waals surface area contributed by atoms with Crippen molar-refractivity contribution >= 4 is 27.5 Å². The van der Waals surface area contributed by atoms with Gasteiger partial charge in [-0.25, -0.2) is 8.42 Å². The fourth-order valence-electron chi connectivity index (χ4n) is 1.17. The first-order valence-electron chi connectivity index (χ1n) is 5.24. The number of rotatable bonds is 6. The molecule has 0 aliphatic rings. The van der Waals surface area contributed by atoms with E-state index in [1.807, 2.05) is 0 Å². The van der Waals surface area contributed by atoms with Crippen molar-refractivity contribution in [3.8, 4) is 0 Å². The van der Waals surface area contributed by atoms with E-state index < -0.39 is 9.84 Å². The first-order chi connectivity index (χ1) is 8.43. The van der Waals surface area contributed by atoms with Gasteiger partial charge in [-0.15, -0.1) is 18.3 Å². The van der Waals surface area contributed by atoms with Crippen LogP contribution in [0.1, 0.15) is 0 Å². The van der Waals surface area contributed by atoms with Crippen molar-refractivity contribution in [1.29, 1.82) is 0 Å². The van der Waals surface area contributed by atoms with Gasteiger partial charge in [0.25, 0.3) is 0 Å². The summed E-state index contributed by atoms with van der Waals surface area (Å²) in [6.07, 6.45) is 2.78. The van der Waals surface area contributed by atoms with Gasteiger partial charge in [-0.1, -0.05) is 6.08 Å². The summed E-state index contributed by atoms with van der Waals surface area (Å²) in [7, 11) is -3.16. The minimum atomic E-state index is -3.16. The smallest absolute Gasteiger partial charge is 0.230 e. The van der Waals surface area contributed by atoms with E-state index in [1.165, 1.54) is 11.8 Å². The quantitative estimate of drug-likeness (QED) is 0.635. The van der Waals surface area contributed by atoms with Gasteiger partial charge in [-0.3, -0.25) is 4.79 Å². The van der Waals surface area contributed by atoms with Crippen molar-refractivity contribution in [1.82, 2.24) is 5.32 Å². The Morgan fingerprint density at radius 2 is 2.00 bits per heavy atom. The van der Waals surface area contributed by atoms with Crippen LogP contribution < -0.4 is 5.32 Å². The zero-order valence-corrected chi connectivity index (χ0v) is 11.7. The zero-order valence-electron chi connectivity index (χ0n) is 10.0. The molecule has 1 aromatic carbocycles. The van der Waals surface area contributed by atoms with Crippen molar-refractivity contribution in [3.63, 3.8) is 0 Å². The molecule has 1 aromatic rings. The highest BCUT2D eigenvalue weighted by Gasteiger charge is 2.07. The Morgan fingerprint density at radius 1 is 1.39 bits per heavy atom. The number of hydrogen-bond acceptors (Lipinski definition) is 4. The van der Waals surface area contributed by atoms with Crippen molar-refractivity contribution in [2.75, 3.05) is 18.6 Å². The molecule has 1 N–H and O–H groups in total. The molecule has 0 spiro atoms. The fraction of sp³-hybridized carbons (Fsp3) is 0.250. The lowest BCUT2D eigenvalue weighted by molar-refractivity contribution is -0.118. The summed E-state index contributed by atoms with van der Waals surface area (Å²) in [5, 5.41) is 2.66. The topological polar surface area (TPSA) is 63.2 Å². The molecule has 0 radical (unpaired) electrons. The molecule has 0 bridgehead atoms. The molecule has 0 unspecified atom stereocenters. The summed E-state index contributed by atoms with van der Waals surface area (Å²) < 4.78 is 22.5. The van der Waals surface area contributed by atoms with Crippen LogP contribution in [0.3, 0.4) is 0 Å². The molecule has 0 atom stereocenters. The Bertz CT molecular complexity index is 521. The molecule has 0 saturated carbocycles. The third-order valence-electron chi connectivity index (χ3n) is 2.07. The van der Waals surface area contributed by atoms with E-state index in [0.29, 0.717) is 12.3 Å². The maximum absolute atomic E-state index is 11.3. The molecule has 0 aliphatic carbocycles. The predicted molar refractivity (Wildman–Crippen MR) is 73.5 cm³/mol. The Morgan fingerprint density at radius 3 is 2.50 bits per heavy atom. The molecule has 0 aliphatic heterocycles. The molecule has 1 rings (SSSR count). The number of carbonyl (C=O) groups is 1. The van der Waals surface area contributed by atoms with E-state index in [9.17, 15) is 13.2 Å². The van der Waals surface area contributed by atoms with Crippen LogP contribution in [0.4, 0.5) is 0 Å². The molecule has 4 nitrogen and oxygen atoms in total. The van der Waals surface area contributed by atoms with Crippen LogP contribution >= 0.6 is 11.8 Å². The second-order valence-electron chi connectivity index (χ2n) is 3.62. The zero-order chi connectivity index (χ0) is 13.6. The normalized spacial score (nSPS) is 10.9. The number of amides is 1. The molecule has 6 heteroatoms. The second kappa shape index (κ2) is 6.61. The van der Waals surface area contributed by atoms with E-state index in [2.05, 4.69) is 11.9 Å². The van der Waals surface area contributed by atoms with Crippen molar-refractivity contribution in [2.24, 2.45) is 0 Å². The molecule has 0 saturated heterocycles. The Kier molecular flexibility index (Phi) is 5.43. The monoisotopic (exact) mass is 285 g/mol. The van der Waals surface area contributed by atoms with Gasteiger partial charge in [-0.05, 0) is 24.3 Å². The number of benzene rings is 1. The highest BCUT2D eigenvalue weighted by atomic mass is 32.2. The SMILES string of the molecule is C=CCNC(=O)CSc1ccc(S(C)(=O)=O)cc1. The van der Waals surface area contributed by atoms with Crippen molar-refractivity contribution in [3.05, 3.63) is 36.9 Å². The molecular formula is C12H15NO3S2. The van der Waals surface area contributed by atoms with Gasteiger partial charge < -0.3 is 5.32 Å². The maximum Gasteiger partial charge on any atom is 0.230 e. The minimum absolute atomic E-state index is 0.0768. The number of hydrogen-bond donors (Lipinski definition) is 1. The van der Waals surface area contributed by atoms with Gasteiger partial charge in [0.15, 0.2) is 9.84 Å². The number of carbonyl (C=O) groups excluding carboxylic acids is 1. The Hall–Kier alpha value is -1.27. The van der Waals surface area contributed by atoms with Crippen LogP contribution in [-0.4, -0.2) is 32.9 Å². The Labute approximate surface area is 111 Å². The van der Waals surface area contributed by atoms with Crippen molar-refractivity contribution < 1.29 is 13.2 Å². The second-order valence-corrected chi connectivity index (χ2v) is 6.69. The van der Waals surface area contributed by atoms with Gasteiger partial charge >= 0.3 is 0 Å². The molecule has 0 aromatic heterocycles. The van der Waals surface area contributed by atoms with Crippen LogP contribution in [0.2, 0.25) is 0 Å². The lowest BCUT2D eigenvalue weighted by Crippen LogP contribution is -2.24. The van der Waals surface area contributed by atoms with E-state index in [0.717, 1.165) is 11.2 Å².